The first-order chi connectivity index (χ1) is 9.15. The van der Waals surface area contributed by atoms with Gasteiger partial charge in [0.2, 0.25) is 5.91 Å². The minimum Gasteiger partial charge on any atom is -0.504 e. The van der Waals surface area contributed by atoms with Crippen LogP contribution < -0.4 is 10.6 Å². The zero-order valence-corrected chi connectivity index (χ0v) is 11.3. The van der Waals surface area contributed by atoms with Gasteiger partial charge in [0, 0.05) is 18.2 Å². The van der Waals surface area contributed by atoms with Gasteiger partial charge in [-0.1, -0.05) is 6.42 Å². The van der Waals surface area contributed by atoms with E-state index >= 15 is 0 Å². The van der Waals surface area contributed by atoms with Crippen LogP contribution >= 0.6 is 0 Å². The Kier molecular flexibility index (Phi) is 4.74. The van der Waals surface area contributed by atoms with Crippen molar-refractivity contribution in [1.82, 2.24) is 10.3 Å². The second-order valence-electron chi connectivity index (χ2n) is 5.05. The van der Waals surface area contributed by atoms with E-state index in [1.165, 1.54) is 12.8 Å². The zero-order chi connectivity index (χ0) is 13.7. The van der Waals surface area contributed by atoms with Gasteiger partial charge in [-0.15, -0.1) is 0 Å². The van der Waals surface area contributed by atoms with Crippen molar-refractivity contribution in [2.24, 2.45) is 0 Å². The molecule has 19 heavy (non-hydrogen) atoms. The van der Waals surface area contributed by atoms with Gasteiger partial charge in [0.05, 0.1) is 0 Å². The molecule has 2 rings (SSSR count). The molecule has 1 amide bonds. The molecule has 0 aliphatic carbocycles. The Balaban J connectivity index is 1.81. The van der Waals surface area contributed by atoms with Crippen molar-refractivity contribution in [1.29, 1.82) is 0 Å². The number of carbonyl (C=O) groups excluding carboxylic acids is 1. The Hall–Kier alpha value is -1.62. The molecule has 1 unspecified atom stereocenters. The first kappa shape index (κ1) is 13.8. The Morgan fingerprint density at radius 1 is 1.53 bits per heavy atom. The summed E-state index contributed by atoms with van der Waals surface area (Å²) >= 11 is 0. The molecule has 0 aromatic carbocycles. The lowest BCUT2D eigenvalue weighted by Gasteiger charge is -2.23. The van der Waals surface area contributed by atoms with Crippen LogP contribution in [-0.2, 0) is 4.79 Å². The van der Waals surface area contributed by atoms with E-state index in [9.17, 15) is 9.90 Å². The highest BCUT2D eigenvalue weighted by molar-refractivity contribution is 5.91. The van der Waals surface area contributed by atoms with Crippen molar-refractivity contribution in [2.75, 3.05) is 11.9 Å². The van der Waals surface area contributed by atoms with Crippen LogP contribution in [0, 0.1) is 6.92 Å². The maximum atomic E-state index is 11.8. The molecule has 0 bridgehead atoms. The predicted octanol–water partition coefficient (Wildman–Crippen LogP) is 1.96. The molecule has 104 valence electrons. The van der Waals surface area contributed by atoms with Gasteiger partial charge in [-0.25, -0.2) is 4.98 Å². The van der Waals surface area contributed by atoms with E-state index in [0.29, 0.717) is 12.5 Å². The number of aromatic nitrogens is 1. The van der Waals surface area contributed by atoms with Crippen LogP contribution in [0.2, 0.25) is 0 Å². The average molecular weight is 263 g/mol. The average Bonchev–Trinajstić information content (AvgIpc) is 2.42. The van der Waals surface area contributed by atoms with Crippen LogP contribution in [0.4, 0.5) is 5.82 Å². The maximum absolute atomic E-state index is 11.8. The summed E-state index contributed by atoms with van der Waals surface area (Å²) in [7, 11) is 0. The molecular weight excluding hydrogens is 242 g/mol. The molecule has 1 aliphatic heterocycles. The van der Waals surface area contributed by atoms with Crippen molar-refractivity contribution in [3.63, 3.8) is 0 Å². The Bertz CT molecular complexity index is 442. The summed E-state index contributed by atoms with van der Waals surface area (Å²) in [5.74, 6) is 0.164. The van der Waals surface area contributed by atoms with Crippen LogP contribution in [0.5, 0.6) is 5.75 Å². The molecule has 1 fully saturated rings. The number of nitrogens with zero attached hydrogens (tertiary/aromatic N) is 1. The molecule has 1 atom stereocenters. The number of amides is 1. The largest absolute Gasteiger partial charge is 0.504 e. The second kappa shape index (κ2) is 6.52. The number of hydrogen-bond acceptors (Lipinski definition) is 4. The van der Waals surface area contributed by atoms with Gasteiger partial charge in [0.1, 0.15) is 0 Å². The van der Waals surface area contributed by atoms with Gasteiger partial charge in [-0.3, -0.25) is 4.79 Å². The summed E-state index contributed by atoms with van der Waals surface area (Å²) in [6.07, 6.45) is 4.88. The lowest BCUT2D eigenvalue weighted by Crippen LogP contribution is -2.34. The highest BCUT2D eigenvalue weighted by Gasteiger charge is 2.15. The third-order valence-corrected chi connectivity index (χ3v) is 3.40. The topological polar surface area (TPSA) is 74.2 Å². The van der Waals surface area contributed by atoms with Gasteiger partial charge < -0.3 is 15.7 Å². The van der Waals surface area contributed by atoms with Crippen LogP contribution in [0.25, 0.3) is 0 Å². The highest BCUT2D eigenvalue weighted by atomic mass is 16.3. The van der Waals surface area contributed by atoms with Crippen molar-refractivity contribution >= 4 is 11.7 Å². The fraction of sp³-hybridized carbons (Fsp3) is 0.571. The number of pyridine rings is 1. The molecule has 0 saturated carbocycles. The van der Waals surface area contributed by atoms with Crippen LogP contribution in [-0.4, -0.2) is 28.6 Å². The fourth-order valence-electron chi connectivity index (χ4n) is 2.31. The number of anilines is 1. The fourth-order valence-corrected chi connectivity index (χ4v) is 2.31. The lowest BCUT2D eigenvalue weighted by molar-refractivity contribution is -0.116. The summed E-state index contributed by atoms with van der Waals surface area (Å²) in [5.41, 5.74) is 0.766. The SMILES string of the molecule is Cc1ccc(O)c(NC(=O)CCC2CCCCN2)n1. The third kappa shape index (κ3) is 4.21. The first-order valence-corrected chi connectivity index (χ1v) is 6.85. The number of carbonyl (C=O) groups is 1. The minimum absolute atomic E-state index is 0.00902. The minimum atomic E-state index is -0.0965. The summed E-state index contributed by atoms with van der Waals surface area (Å²) in [6, 6.07) is 3.69. The molecule has 5 nitrogen and oxygen atoms in total. The van der Waals surface area contributed by atoms with E-state index in [-0.39, 0.29) is 17.5 Å². The van der Waals surface area contributed by atoms with Crippen LogP contribution in [0.1, 0.15) is 37.8 Å². The molecule has 0 spiro atoms. The Morgan fingerprint density at radius 3 is 3.11 bits per heavy atom. The number of aromatic hydroxyl groups is 1. The van der Waals surface area contributed by atoms with Gasteiger partial charge in [0.15, 0.2) is 11.6 Å². The molecule has 1 aliphatic rings. The number of nitrogens with one attached hydrogen (secondary N) is 2. The summed E-state index contributed by atoms with van der Waals surface area (Å²) in [4.78, 5) is 15.9. The van der Waals surface area contributed by atoms with Gasteiger partial charge >= 0.3 is 0 Å². The van der Waals surface area contributed by atoms with E-state index in [2.05, 4.69) is 15.6 Å². The van der Waals surface area contributed by atoms with E-state index < -0.39 is 0 Å². The summed E-state index contributed by atoms with van der Waals surface area (Å²) < 4.78 is 0. The van der Waals surface area contributed by atoms with Crippen molar-refractivity contribution in [3.05, 3.63) is 17.8 Å². The van der Waals surface area contributed by atoms with E-state index in [4.69, 9.17) is 0 Å². The number of piperidine rings is 1. The molecule has 2 heterocycles. The third-order valence-electron chi connectivity index (χ3n) is 3.40. The molecule has 0 radical (unpaired) electrons. The maximum Gasteiger partial charge on any atom is 0.225 e. The lowest BCUT2D eigenvalue weighted by atomic mass is 10.0. The van der Waals surface area contributed by atoms with E-state index in [0.717, 1.165) is 25.1 Å². The van der Waals surface area contributed by atoms with Crippen LogP contribution in [0.15, 0.2) is 12.1 Å². The molecule has 1 saturated heterocycles. The predicted molar refractivity (Wildman–Crippen MR) is 74.1 cm³/mol. The zero-order valence-electron chi connectivity index (χ0n) is 11.3. The van der Waals surface area contributed by atoms with Crippen molar-refractivity contribution in [2.45, 2.75) is 45.1 Å². The van der Waals surface area contributed by atoms with Gasteiger partial charge in [0.25, 0.3) is 0 Å². The summed E-state index contributed by atoms with van der Waals surface area (Å²) in [5, 5.41) is 15.7. The van der Waals surface area contributed by atoms with Gasteiger partial charge in [-0.2, -0.15) is 0 Å². The molecule has 1 aromatic rings. The smallest absolute Gasteiger partial charge is 0.225 e. The van der Waals surface area contributed by atoms with Crippen molar-refractivity contribution < 1.29 is 9.90 Å². The Labute approximate surface area is 113 Å². The monoisotopic (exact) mass is 263 g/mol. The summed E-state index contributed by atoms with van der Waals surface area (Å²) in [6.45, 7) is 2.87. The molecular formula is C14H21N3O2. The number of aryl methyl sites for hydroxylation is 1. The van der Waals surface area contributed by atoms with E-state index in [1.807, 2.05) is 6.92 Å². The number of hydrogen-bond donors (Lipinski definition) is 3. The normalized spacial score (nSPS) is 19.1. The quantitative estimate of drug-likeness (QED) is 0.776. The standard InChI is InChI=1S/C14H21N3O2/c1-10-5-7-12(18)14(16-10)17-13(19)8-6-11-4-2-3-9-15-11/h5,7,11,15,18H,2-4,6,8-9H2,1H3,(H,16,17,19). The Morgan fingerprint density at radius 2 is 2.37 bits per heavy atom. The molecule has 5 heteroatoms. The van der Waals surface area contributed by atoms with E-state index in [1.54, 1.807) is 12.1 Å². The molecule has 1 aromatic heterocycles. The highest BCUT2D eigenvalue weighted by Crippen LogP contribution is 2.20. The van der Waals surface area contributed by atoms with Crippen molar-refractivity contribution in [3.8, 4) is 5.75 Å². The van der Waals surface area contributed by atoms with Crippen LogP contribution in [0.3, 0.4) is 0 Å². The second-order valence-corrected chi connectivity index (χ2v) is 5.05. The first-order valence-electron chi connectivity index (χ1n) is 6.85. The molecule has 3 N–H and O–H groups in total. The number of rotatable bonds is 4. The van der Waals surface area contributed by atoms with Gasteiger partial charge in [-0.05, 0) is 44.9 Å².